The summed E-state index contributed by atoms with van der Waals surface area (Å²) >= 11 is 3.13. The molecule has 4 rings (SSSR count). The number of benzene rings is 2. The Balaban J connectivity index is 1.69. The van der Waals surface area contributed by atoms with Gasteiger partial charge in [-0.3, -0.25) is 14.3 Å². The first-order valence-corrected chi connectivity index (χ1v) is 14.1. The lowest BCUT2D eigenvalue weighted by molar-refractivity contribution is -0.0433. The first-order chi connectivity index (χ1) is 16.6. The Morgan fingerprint density at radius 1 is 1.09 bits per heavy atom. The first-order valence-electron chi connectivity index (χ1n) is 11.4. The van der Waals surface area contributed by atoms with Crippen molar-refractivity contribution in [2.75, 3.05) is 6.61 Å². The van der Waals surface area contributed by atoms with Gasteiger partial charge in [0.25, 0.3) is 13.9 Å². The highest BCUT2D eigenvalue weighted by molar-refractivity contribution is 9.10. The summed E-state index contributed by atoms with van der Waals surface area (Å²) < 4.78 is 14.3. The molecule has 4 atom stereocenters. The van der Waals surface area contributed by atoms with Gasteiger partial charge in [0, 0.05) is 6.20 Å². The Morgan fingerprint density at radius 3 is 2.14 bits per heavy atom. The molecule has 1 saturated heterocycles. The largest absolute Gasteiger partial charge is 0.405 e. The molecule has 2 heterocycles. The van der Waals surface area contributed by atoms with Gasteiger partial charge < -0.3 is 20.0 Å². The van der Waals surface area contributed by atoms with E-state index < -0.39 is 44.0 Å². The number of rotatable bonds is 6. The molecule has 1 aliphatic heterocycles. The molecule has 10 heteroatoms. The highest BCUT2D eigenvalue weighted by Crippen LogP contribution is 2.38. The van der Waals surface area contributed by atoms with Gasteiger partial charge in [0.2, 0.25) is 0 Å². The van der Waals surface area contributed by atoms with Crippen LogP contribution in [0.2, 0.25) is 5.04 Å². The van der Waals surface area contributed by atoms with E-state index >= 15 is 0 Å². The summed E-state index contributed by atoms with van der Waals surface area (Å²) in [5.74, 6) is 0. The van der Waals surface area contributed by atoms with Crippen molar-refractivity contribution in [3.8, 4) is 0 Å². The Labute approximate surface area is 213 Å². The van der Waals surface area contributed by atoms with Gasteiger partial charge in [-0.2, -0.15) is 0 Å². The first kappa shape index (κ1) is 25.7. The number of H-pyrrole nitrogens is 1. The monoisotopic (exact) mass is 559 g/mol. The van der Waals surface area contributed by atoms with E-state index in [0.717, 1.165) is 10.4 Å². The number of aliphatic hydroxyl groups is 1. The predicted octanol–water partition coefficient (Wildman–Crippen LogP) is 1.46. The zero-order valence-electron chi connectivity index (χ0n) is 19.9. The molecule has 0 spiro atoms. The fourth-order valence-corrected chi connectivity index (χ4v) is 9.66. The molecular formula is C25H30BrN3O5Si. The van der Waals surface area contributed by atoms with Gasteiger partial charge in [-0.05, 0) is 31.3 Å². The van der Waals surface area contributed by atoms with E-state index in [4.69, 9.17) is 14.9 Å². The van der Waals surface area contributed by atoms with Gasteiger partial charge in [-0.25, -0.2) is 4.79 Å². The molecule has 3 aromatic rings. The number of aliphatic hydroxyl groups excluding tert-OH is 1. The second kappa shape index (κ2) is 9.96. The maximum atomic E-state index is 12.4. The van der Waals surface area contributed by atoms with Crippen molar-refractivity contribution >= 4 is 34.6 Å². The average Bonchev–Trinajstić information content (AvgIpc) is 3.11. The number of aromatic amines is 1. The lowest BCUT2D eigenvalue weighted by Gasteiger charge is -2.43. The third kappa shape index (κ3) is 4.74. The number of nitrogens with zero attached hydrogens (tertiary/aromatic N) is 1. The topological polar surface area (TPSA) is 120 Å². The third-order valence-electron chi connectivity index (χ3n) is 6.50. The van der Waals surface area contributed by atoms with Crippen LogP contribution in [0, 0.1) is 0 Å². The van der Waals surface area contributed by atoms with Crippen LogP contribution in [0.25, 0.3) is 0 Å². The molecule has 186 valence electrons. The van der Waals surface area contributed by atoms with Crippen LogP contribution in [0.5, 0.6) is 0 Å². The Kier molecular flexibility index (Phi) is 7.32. The summed E-state index contributed by atoms with van der Waals surface area (Å²) in [6.45, 7) is 6.57. The minimum atomic E-state index is -2.85. The van der Waals surface area contributed by atoms with Crippen molar-refractivity contribution in [1.82, 2.24) is 9.55 Å². The van der Waals surface area contributed by atoms with Crippen LogP contribution in [-0.2, 0) is 9.16 Å². The van der Waals surface area contributed by atoms with Gasteiger partial charge in [-0.15, -0.1) is 0 Å². The number of aromatic nitrogens is 2. The van der Waals surface area contributed by atoms with E-state index in [0.29, 0.717) is 0 Å². The lowest BCUT2D eigenvalue weighted by Crippen LogP contribution is -2.67. The number of hydrogen-bond donors (Lipinski definition) is 3. The number of nitrogens with two attached hydrogens (primary N) is 1. The summed E-state index contributed by atoms with van der Waals surface area (Å²) in [7, 11) is -2.85. The smallest absolute Gasteiger partial charge is 0.330 e. The van der Waals surface area contributed by atoms with Crippen molar-refractivity contribution in [3.05, 3.63) is 92.2 Å². The van der Waals surface area contributed by atoms with Crippen molar-refractivity contribution in [1.29, 1.82) is 0 Å². The summed E-state index contributed by atoms with van der Waals surface area (Å²) in [6, 6.07) is 19.4. The maximum Gasteiger partial charge on any atom is 0.330 e. The standard InChI is InChI=1S/C25H30BrN3O5Si/c1-25(2,3)35(16-10-6-4-7-11-16,17-12-8-5-9-13-17)33-15-19-21(30)20(27)23(34-19)29-14-18(26)22(31)28-24(29)32/h4-14,19-21,23,30H,15,27H2,1-3H3,(H,28,31,32)/t19-,20?,21?,23?/m1/s1. The second-order valence-electron chi connectivity index (χ2n) is 9.75. The van der Waals surface area contributed by atoms with Gasteiger partial charge in [0.1, 0.15) is 12.2 Å². The minimum absolute atomic E-state index is 0.0813. The molecule has 1 aliphatic rings. The molecule has 2 aromatic carbocycles. The lowest BCUT2D eigenvalue weighted by atomic mass is 10.1. The molecule has 35 heavy (non-hydrogen) atoms. The van der Waals surface area contributed by atoms with Gasteiger partial charge in [0.05, 0.1) is 17.1 Å². The second-order valence-corrected chi connectivity index (χ2v) is 14.9. The minimum Gasteiger partial charge on any atom is -0.405 e. The molecule has 0 saturated carbocycles. The van der Waals surface area contributed by atoms with E-state index in [9.17, 15) is 14.7 Å². The van der Waals surface area contributed by atoms with Gasteiger partial charge in [0.15, 0.2) is 6.23 Å². The van der Waals surface area contributed by atoms with Crippen molar-refractivity contribution < 1.29 is 14.3 Å². The van der Waals surface area contributed by atoms with E-state index in [1.165, 1.54) is 10.8 Å². The summed E-state index contributed by atoms with van der Waals surface area (Å²) in [4.78, 5) is 26.4. The molecule has 3 unspecified atom stereocenters. The number of nitrogens with one attached hydrogen (secondary N) is 1. The number of halogens is 1. The molecule has 8 nitrogen and oxygen atoms in total. The summed E-state index contributed by atoms with van der Waals surface area (Å²) in [5, 5.41) is 12.9. The molecule has 0 amide bonds. The maximum absolute atomic E-state index is 12.4. The molecule has 4 N–H and O–H groups in total. The quantitative estimate of drug-likeness (QED) is 0.393. The predicted molar refractivity (Wildman–Crippen MR) is 140 cm³/mol. The summed E-state index contributed by atoms with van der Waals surface area (Å²) in [5.41, 5.74) is 5.04. The zero-order valence-corrected chi connectivity index (χ0v) is 22.4. The molecule has 0 bridgehead atoms. The van der Waals surface area contributed by atoms with E-state index in [2.05, 4.69) is 66.0 Å². The van der Waals surface area contributed by atoms with Crippen LogP contribution in [-0.4, -0.2) is 47.8 Å². The van der Waals surface area contributed by atoms with E-state index in [1.54, 1.807) is 0 Å². The zero-order chi connectivity index (χ0) is 25.4. The fraction of sp³-hybridized carbons (Fsp3) is 0.360. The number of hydrogen-bond acceptors (Lipinski definition) is 6. The SMILES string of the molecule is CC(C)(C)[Si](OC[C@H]1OC(n2cc(Br)c(=O)[nH]c2=O)C(N)C1O)(c1ccccc1)c1ccccc1. The molecule has 1 fully saturated rings. The van der Waals surface area contributed by atoms with Crippen LogP contribution in [0.15, 0.2) is 80.9 Å². The highest BCUT2D eigenvalue weighted by Gasteiger charge is 2.52. The van der Waals surface area contributed by atoms with Crippen LogP contribution in [0.1, 0.15) is 27.0 Å². The van der Waals surface area contributed by atoms with E-state index in [-0.39, 0.29) is 16.1 Å². The third-order valence-corrected chi connectivity index (χ3v) is 12.1. The van der Waals surface area contributed by atoms with Crippen molar-refractivity contribution in [2.45, 2.75) is 50.3 Å². The Bertz CT molecular complexity index is 1240. The van der Waals surface area contributed by atoms with Gasteiger partial charge in [-0.1, -0.05) is 81.4 Å². The average molecular weight is 561 g/mol. The molecule has 0 radical (unpaired) electrons. The Morgan fingerprint density at radius 2 is 1.63 bits per heavy atom. The van der Waals surface area contributed by atoms with Crippen LogP contribution in [0.4, 0.5) is 0 Å². The van der Waals surface area contributed by atoms with Crippen LogP contribution < -0.4 is 27.4 Å². The molecular weight excluding hydrogens is 530 g/mol. The highest BCUT2D eigenvalue weighted by atomic mass is 79.9. The van der Waals surface area contributed by atoms with Crippen LogP contribution in [0.3, 0.4) is 0 Å². The van der Waals surface area contributed by atoms with Crippen molar-refractivity contribution in [2.24, 2.45) is 5.73 Å². The van der Waals surface area contributed by atoms with E-state index in [1.807, 2.05) is 36.4 Å². The van der Waals surface area contributed by atoms with Gasteiger partial charge >= 0.3 is 5.69 Å². The Hall–Kier alpha value is -2.34. The molecule has 0 aliphatic carbocycles. The van der Waals surface area contributed by atoms with Crippen LogP contribution >= 0.6 is 15.9 Å². The van der Waals surface area contributed by atoms with Crippen molar-refractivity contribution in [3.63, 3.8) is 0 Å². The summed E-state index contributed by atoms with van der Waals surface area (Å²) in [6.07, 6.45) is -1.48. The number of ether oxygens (including phenoxy) is 1. The normalized spacial score (nSPS) is 22.9. The fourth-order valence-electron chi connectivity index (χ4n) is 4.77. The molecule has 1 aromatic heterocycles.